The molecule has 2 N–H and O–H groups in total. The molecule has 1 amide bonds. The van der Waals surface area contributed by atoms with Gasteiger partial charge in [0.05, 0.1) is 5.69 Å². The van der Waals surface area contributed by atoms with Gasteiger partial charge in [0.15, 0.2) is 0 Å². The fourth-order valence-electron chi connectivity index (χ4n) is 3.11. The second-order valence-electron chi connectivity index (χ2n) is 6.79. The number of fused-ring (bicyclic) bond motifs is 1. The number of carbonyl (C=O) groups excluding carboxylic acids is 1. The van der Waals surface area contributed by atoms with Crippen LogP contribution in [0.1, 0.15) is 34.3 Å². The number of nitrogens with one attached hydrogen (secondary N) is 2. The monoisotopic (exact) mass is 371 g/mol. The molecule has 1 aliphatic carbocycles. The van der Waals surface area contributed by atoms with Crippen molar-refractivity contribution in [1.29, 1.82) is 0 Å². The molecule has 1 saturated carbocycles. The third-order valence-electron chi connectivity index (χ3n) is 4.72. The average Bonchev–Trinajstić information content (AvgIpc) is 3.45. The third kappa shape index (κ3) is 3.73. The minimum atomic E-state index is -3.68. The maximum atomic E-state index is 12.7. The molecule has 4 rings (SSSR count). The van der Waals surface area contributed by atoms with Gasteiger partial charge in [-0.15, -0.1) is 0 Å². The molecule has 0 atom stereocenters. The predicted octanol–water partition coefficient (Wildman–Crippen LogP) is 2.29. The Kier molecular flexibility index (Phi) is 4.42. The number of nitrogens with zero attached hydrogens (tertiary/aromatic N) is 1. The second kappa shape index (κ2) is 6.74. The van der Waals surface area contributed by atoms with Crippen LogP contribution in [0.4, 0.5) is 5.69 Å². The highest BCUT2D eigenvalue weighted by Crippen LogP contribution is 2.23. The Morgan fingerprint density at radius 1 is 1.04 bits per heavy atom. The summed E-state index contributed by atoms with van der Waals surface area (Å²) in [4.78, 5) is 12.2. The van der Waals surface area contributed by atoms with E-state index in [9.17, 15) is 13.2 Å². The molecule has 2 aromatic rings. The first-order valence-corrected chi connectivity index (χ1v) is 10.2. The molecule has 1 fully saturated rings. The zero-order valence-corrected chi connectivity index (χ0v) is 15.1. The molecule has 0 aromatic heterocycles. The number of carbonyl (C=O) groups is 1. The van der Waals surface area contributed by atoms with Crippen LogP contribution in [0, 0.1) is 0 Å². The van der Waals surface area contributed by atoms with Gasteiger partial charge in [-0.3, -0.25) is 9.52 Å². The number of hydrogen-bond acceptors (Lipinski definition) is 3. The molecule has 2 aliphatic rings. The van der Waals surface area contributed by atoms with Crippen molar-refractivity contribution in [3.63, 3.8) is 0 Å². The van der Waals surface area contributed by atoms with E-state index < -0.39 is 10.2 Å². The molecule has 1 aliphatic heterocycles. The maximum absolute atomic E-state index is 12.7. The van der Waals surface area contributed by atoms with Crippen LogP contribution in [0.2, 0.25) is 0 Å². The number of amides is 1. The third-order valence-corrected chi connectivity index (χ3v) is 6.20. The van der Waals surface area contributed by atoms with Gasteiger partial charge in [-0.2, -0.15) is 12.7 Å². The summed E-state index contributed by atoms with van der Waals surface area (Å²) < 4.78 is 29.5. The zero-order valence-electron chi connectivity index (χ0n) is 14.3. The Morgan fingerprint density at radius 3 is 2.58 bits per heavy atom. The Hall–Kier alpha value is -2.38. The second-order valence-corrected chi connectivity index (χ2v) is 8.46. The summed E-state index contributed by atoms with van der Waals surface area (Å²) >= 11 is 0. The summed E-state index contributed by atoms with van der Waals surface area (Å²) in [5, 5.41) is 2.91. The largest absolute Gasteiger partial charge is 0.349 e. The van der Waals surface area contributed by atoms with E-state index in [1.54, 1.807) is 24.3 Å². The molecule has 1 heterocycles. The number of hydrogen-bond donors (Lipinski definition) is 2. The number of rotatable bonds is 5. The lowest BCUT2D eigenvalue weighted by Crippen LogP contribution is -2.39. The van der Waals surface area contributed by atoms with E-state index in [4.69, 9.17) is 0 Å². The van der Waals surface area contributed by atoms with Gasteiger partial charge in [-0.05, 0) is 48.6 Å². The normalized spacial score (nSPS) is 17.4. The lowest BCUT2D eigenvalue weighted by molar-refractivity contribution is 0.0951. The topological polar surface area (TPSA) is 78.5 Å². The fourth-order valence-corrected chi connectivity index (χ4v) is 4.30. The van der Waals surface area contributed by atoms with E-state index in [1.165, 1.54) is 9.87 Å². The predicted molar refractivity (Wildman–Crippen MR) is 100 cm³/mol. The van der Waals surface area contributed by atoms with Crippen LogP contribution in [0.25, 0.3) is 0 Å². The van der Waals surface area contributed by atoms with Crippen LogP contribution in [0.15, 0.2) is 48.5 Å². The zero-order chi connectivity index (χ0) is 18.1. The van der Waals surface area contributed by atoms with Gasteiger partial charge in [-0.1, -0.05) is 30.3 Å². The molecule has 0 spiro atoms. The van der Waals surface area contributed by atoms with Crippen LogP contribution in [-0.4, -0.2) is 31.2 Å². The van der Waals surface area contributed by atoms with Crippen molar-refractivity contribution in [2.45, 2.75) is 31.8 Å². The van der Waals surface area contributed by atoms with Gasteiger partial charge in [0.2, 0.25) is 0 Å². The molecule has 26 heavy (non-hydrogen) atoms. The summed E-state index contributed by atoms with van der Waals surface area (Å²) in [6, 6.07) is 14.8. The molecule has 136 valence electrons. The number of benzene rings is 2. The Balaban J connectivity index is 1.48. The van der Waals surface area contributed by atoms with Crippen LogP contribution < -0.4 is 10.0 Å². The van der Waals surface area contributed by atoms with Crippen LogP contribution in [0.5, 0.6) is 0 Å². The first-order chi connectivity index (χ1) is 12.5. The minimum Gasteiger partial charge on any atom is -0.349 e. The van der Waals surface area contributed by atoms with Crippen LogP contribution >= 0.6 is 0 Å². The highest BCUT2D eigenvalue weighted by Gasteiger charge is 2.27. The van der Waals surface area contributed by atoms with E-state index in [1.807, 2.05) is 24.3 Å². The van der Waals surface area contributed by atoms with Crippen molar-refractivity contribution in [2.24, 2.45) is 0 Å². The lowest BCUT2D eigenvalue weighted by atomic mass is 10.0. The molecule has 0 unspecified atom stereocenters. The molecule has 0 bridgehead atoms. The molecule has 0 saturated heterocycles. The van der Waals surface area contributed by atoms with Crippen LogP contribution in [0.3, 0.4) is 0 Å². The molecule has 0 radical (unpaired) electrons. The highest BCUT2D eigenvalue weighted by molar-refractivity contribution is 7.90. The Morgan fingerprint density at radius 2 is 1.81 bits per heavy atom. The lowest BCUT2D eigenvalue weighted by Gasteiger charge is -2.28. The summed E-state index contributed by atoms with van der Waals surface area (Å²) in [5.74, 6) is -0.166. The van der Waals surface area contributed by atoms with Gasteiger partial charge < -0.3 is 5.32 Å². The van der Waals surface area contributed by atoms with Crippen molar-refractivity contribution < 1.29 is 13.2 Å². The summed E-state index contributed by atoms with van der Waals surface area (Å²) in [6.45, 7) is 0.793. The molecule has 7 heteroatoms. The highest BCUT2D eigenvalue weighted by atomic mass is 32.2. The van der Waals surface area contributed by atoms with E-state index in [0.29, 0.717) is 30.8 Å². The molecule has 6 nitrogen and oxygen atoms in total. The van der Waals surface area contributed by atoms with E-state index in [2.05, 4.69) is 10.0 Å². The van der Waals surface area contributed by atoms with Gasteiger partial charge in [-0.25, -0.2) is 0 Å². The van der Waals surface area contributed by atoms with Gasteiger partial charge >= 0.3 is 10.2 Å². The molecular weight excluding hydrogens is 350 g/mol. The van der Waals surface area contributed by atoms with Gasteiger partial charge in [0, 0.05) is 24.7 Å². The fraction of sp³-hybridized carbons (Fsp3) is 0.316. The number of anilines is 1. The van der Waals surface area contributed by atoms with Gasteiger partial charge in [0.25, 0.3) is 5.91 Å². The standard InChI is InChI=1S/C19H21N3O3S/c23-19(20-17-8-9-17)15-6-3-7-18(12-15)21-26(24,25)22-11-10-14-4-1-2-5-16(14)13-22/h1-7,12,17,21H,8-11,13H2,(H,20,23). The van der Waals surface area contributed by atoms with Crippen molar-refractivity contribution in [1.82, 2.24) is 9.62 Å². The summed E-state index contributed by atoms with van der Waals surface area (Å²) in [7, 11) is -3.68. The van der Waals surface area contributed by atoms with Crippen LogP contribution in [-0.2, 0) is 23.2 Å². The van der Waals surface area contributed by atoms with Crippen molar-refractivity contribution >= 4 is 21.8 Å². The first kappa shape index (κ1) is 17.1. The Labute approximate surface area is 153 Å². The van der Waals surface area contributed by atoms with Crippen molar-refractivity contribution in [3.8, 4) is 0 Å². The first-order valence-electron chi connectivity index (χ1n) is 8.77. The molecular formula is C19H21N3O3S. The SMILES string of the molecule is O=C(NC1CC1)c1cccc(NS(=O)(=O)N2CCc3ccccc3C2)c1. The summed E-state index contributed by atoms with van der Waals surface area (Å²) in [6.07, 6.45) is 2.71. The van der Waals surface area contributed by atoms with E-state index >= 15 is 0 Å². The van der Waals surface area contributed by atoms with Crippen molar-refractivity contribution in [2.75, 3.05) is 11.3 Å². The van der Waals surface area contributed by atoms with Crippen molar-refractivity contribution in [3.05, 3.63) is 65.2 Å². The molecule has 2 aromatic carbocycles. The summed E-state index contributed by atoms with van der Waals surface area (Å²) in [5.41, 5.74) is 3.08. The van der Waals surface area contributed by atoms with E-state index in [-0.39, 0.29) is 11.9 Å². The van der Waals surface area contributed by atoms with E-state index in [0.717, 1.165) is 18.4 Å². The minimum absolute atomic E-state index is 0.166. The maximum Gasteiger partial charge on any atom is 0.301 e. The average molecular weight is 371 g/mol. The smallest absolute Gasteiger partial charge is 0.301 e. The Bertz CT molecular complexity index is 939. The van der Waals surface area contributed by atoms with Gasteiger partial charge in [0.1, 0.15) is 0 Å². The quantitative estimate of drug-likeness (QED) is 0.846.